The van der Waals surface area contributed by atoms with Gasteiger partial charge in [0, 0.05) is 12.1 Å². The molecule has 28 heavy (non-hydrogen) atoms. The molecule has 0 N–H and O–H groups in total. The summed E-state index contributed by atoms with van der Waals surface area (Å²) in [5, 5.41) is 0. The molecule has 2 aliphatic rings. The van der Waals surface area contributed by atoms with Crippen LogP contribution in [0, 0.1) is 0 Å². The van der Waals surface area contributed by atoms with Gasteiger partial charge in [-0.15, -0.1) is 0 Å². The second-order valence-electron chi connectivity index (χ2n) is 7.09. The predicted molar refractivity (Wildman–Crippen MR) is 102 cm³/mol. The van der Waals surface area contributed by atoms with E-state index in [9.17, 15) is 9.59 Å². The maximum absolute atomic E-state index is 12.6. The molecular formula is C22H18N2O4. The number of hydrogen-bond acceptors (Lipinski definition) is 5. The molecule has 0 bridgehead atoms. The summed E-state index contributed by atoms with van der Waals surface area (Å²) in [5.41, 5.74) is 2.46. The summed E-state index contributed by atoms with van der Waals surface area (Å²) in [5.74, 6) is 0.992. The fraction of sp³-hybridized carbons (Fsp3) is 0.182. The molecule has 0 fully saturated rings. The molecule has 0 spiro atoms. The molecule has 2 aromatic carbocycles. The van der Waals surface area contributed by atoms with Crippen molar-refractivity contribution in [3.63, 3.8) is 0 Å². The van der Waals surface area contributed by atoms with Crippen LogP contribution in [-0.2, 0) is 6.54 Å². The highest BCUT2D eigenvalue weighted by Crippen LogP contribution is 2.33. The van der Waals surface area contributed by atoms with Gasteiger partial charge in [0.05, 0.1) is 29.6 Å². The van der Waals surface area contributed by atoms with Crippen molar-refractivity contribution in [3.8, 4) is 5.75 Å². The van der Waals surface area contributed by atoms with Gasteiger partial charge in [-0.3, -0.25) is 14.5 Å². The number of ether oxygens (including phenoxy) is 1. The second-order valence-corrected chi connectivity index (χ2v) is 7.09. The third-order valence-corrected chi connectivity index (χ3v) is 5.19. The molecule has 6 nitrogen and oxygen atoms in total. The van der Waals surface area contributed by atoms with Gasteiger partial charge >= 0.3 is 0 Å². The molecule has 3 aromatic rings. The maximum Gasteiger partial charge on any atom is 0.266 e. The van der Waals surface area contributed by atoms with E-state index in [2.05, 4.69) is 4.90 Å². The van der Waals surface area contributed by atoms with E-state index in [4.69, 9.17) is 9.15 Å². The van der Waals surface area contributed by atoms with Crippen molar-refractivity contribution >= 4 is 17.5 Å². The number of carbonyl (C=O) groups excluding carboxylic acids is 2. The maximum atomic E-state index is 12.6. The van der Waals surface area contributed by atoms with E-state index in [1.165, 1.54) is 4.90 Å². The lowest BCUT2D eigenvalue weighted by Crippen LogP contribution is -2.32. The van der Waals surface area contributed by atoms with E-state index in [1.807, 2.05) is 13.1 Å². The second kappa shape index (κ2) is 6.35. The summed E-state index contributed by atoms with van der Waals surface area (Å²) in [6, 6.07) is 15.9. The highest BCUT2D eigenvalue weighted by molar-refractivity contribution is 6.34. The largest absolute Gasteiger partial charge is 0.484 e. The molecule has 2 amide bonds. The van der Waals surface area contributed by atoms with Crippen LogP contribution in [0.25, 0.3) is 0 Å². The zero-order valence-corrected chi connectivity index (χ0v) is 15.3. The number of furan rings is 1. The van der Waals surface area contributed by atoms with Crippen molar-refractivity contribution < 1.29 is 18.7 Å². The van der Waals surface area contributed by atoms with Crippen molar-refractivity contribution in [3.05, 3.63) is 83.3 Å². The molecule has 1 atom stereocenters. The fourth-order valence-electron chi connectivity index (χ4n) is 3.82. The minimum atomic E-state index is -0.300. The summed E-state index contributed by atoms with van der Waals surface area (Å²) in [6.07, 6.45) is 1.56. The Morgan fingerprint density at radius 2 is 1.64 bits per heavy atom. The van der Waals surface area contributed by atoms with E-state index in [-0.39, 0.29) is 17.9 Å². The van der Waals surface area contributed by atoms with Gasteiger partial charge in [-0.05, 0) is 49.5 Å². The Hall–Kier alpha value is -3.38. The van der Waals surface area contributed by atoms with Crippen LogP contribution in [0.15, 0.2) is 65.3 Å². The lowest BCUT2D eigenvalue weighted by atomic mass is 10.1. The summed E-state index contributed by atoms with van der Waals surface area (Å²) in [4.78, 5) is 28.6. The third kappa shape index (κ3) is 2.61. The minimum Gasteiger partial charge on any atom is -0.484 e. The van der Waals surface area contributed by atoms with Crippen LogP contribution in [0.1, 0.15) is 38.1 Å². The molecule has 3 heterocycles. The number of rotatable bonds is 3. The number of amides is 2. The first kappa shape index (κ1) is 16.8. The molecule has 6 heteroatoms. The SMILES string of the molecule is CN1Cc2occc2C(Oc2ccc(N3C(=O)c4ccccc4C3=O)cc2)C1. The zero-order valence-electron chi connectivity index (χ0n) is 15.3. The summed E-state index contributed by atoms with van der Waals surface area (Å²) < 4.78 is 11.7. The molecule has 1 unspecified atom stereocenters. The number of nitrogens with zero attached hydrogens (tertiary/aromatic N) is 2. The number of hydrogen-bond donors (Lipinski definition) is 0. The average molecular weight is 374 g/mol. The van der Waals surface area contributed by atoms with Crippen molar-refractivity contribution in [2.24, 2.45) is 0 Å². The number of imide groups is 1. The van der Waals surface area contributed by atoms with Crippen LogP contribution >= 0.6 is 0 Å². The number of benzene rings is 2. The molecule has 1 aromatic heterocycles. The Morgan fingerprint density at radius 1 is 0.964 bits per heavy atom. The smallest absolute Gasteiger partial charge is 0.266 e. The van der Waals surface area contributed by atoms with Gasteiger partial charge in [-0.1, -0.05) is 12.1 Å². The van der Waals surface area contributed by atoms with Gasteiger partial charge in [0.1, 0.15) is 17.6 Å². The Balaban J connectivity index is 1.38. The fourth-order valence-corrected chi connectivity index (χ4v) is 3.82. The lowest BCUT2D eigenvalue weighted by Gasteiger charge is -2.29. The minimum absolute atomic E-state index is 0.127. The van der Waals surface area contributed by atoms with Crippen LogP contribution in [0.5, 0.6) is 5.75 Å². The van der Waals surface area contributed by atoms with Crippen LogP contribution < -0.4 is 9.64 Å². The number of fused-ring (bicyclic) bond motifs is 2. The quantitative estimate of drug-likeness (QED) is 0.655. The van der Waals surface area contributed by atoms with Gasteiger partial charge in [0.15, 0.2) is 0 Å². The monoisotopic (exact) mass is 374 g/mol. The summed E-state index contributed by atoms with van der Waals surface area (Å²) in [7, 11) is 2.02. The molecular weight excluding hydrogens is 356 g/mol. The van der Waals surface area contributed by atoms with Crippen molar-refractivity contribution in [1.82, 2.24) is 4.90 Å². The molecule has 0 saturated carbocycles. The molecule has 140 valence electrons. The van der Waals surface area contributed by atoms with Crippen LogP contribution in [0.3, 0.4) is 0 Å². The van der Waals surface area contributed by atoms with Gasteiger partial charge in [0.25, 0.3) is 11.8 Å². The van der Waals surface area contributed by atoms with Gasteiger partial charge in [-0.2, -0.15) is 0 Å². The molecule has 2 aliphatic heterocycles. The van der Waals surface area contributed by atoms with Crippen LogP contribution in [0.2, 0.25) is 0 Å². The predicted octanol–water partition coefficient (Wildman–Crippen LogP) is 3.65. The molecule has 5 rings (SSSR count). The Labute approximate surface area is 161 Å². The van der Waals surface area contributed by atoms with Crippen LogP contribution in [-0.4, -0.2) is 30.3 Å². The molecule has 0 radical (unpaired) electrons. The first-order valence-corrected chi connectivity index (χ1v) is 9.11. The third-order valence-electron chi connectivity index (χ3n) is 5.19. The average Bonchev–Trinajstić information content (AvgIpc) is 3.26. The summed E-state index contributed by atoms with van der Waals surface area (Å²) in [6.45, 7) is 1.52. The van der Waals surface area contributed by atoms with Crippen molar-refractivity contribution in [2.75, 3.05) is 18.5 Å². The van der Waals surface area contributed by atoms with E-state index in [0.29, 0.717) is 22.6 Å². The number of likely N-dealkylation sites (N-methyl/N-ethyl adjacent to an activating group) is 1. The van der Waals surface area contributed by atoms with Crippen molar-refractivity contribution in [2.45, 2.75) is 12.6 Å². The first-order chi connectivity index (χ1) is 13.6. The highest BCUT2D eigenvalue weighted by Gasteiger charge is 2.36. The zero-order chi connectivity index (χ0) is 19.3. The van der Waals surface area contributed by atoms with E-state index in [0.717, 1.165) is 24.4 Å². The van der Waals surface area contributed by atoms with Gasteiger partial charge < -0.3 is 9.15 Å². The number of anilines is 1. The standard InChI is InChI=1S/C22H18N2O4/c1-23-12-19-18(10-11-27-19)20(13-23)28-15-8-6-14(7-9-15)24-21(25)16-4-2-3-5-17(16)22(24)26/h2-11,20H,12-13H2,1H3. The van der Waals surface area contributed by atoms with Crippen molar-refractivity contribution in [1.29, 1.82) is 0 Å². The lowest BCUT2D eigenvalue weighted by molar-refractivity contribution is 0.0925. The van der Waals surface area contributed by atoms with E-state index >= 15 is 0 Å². The summed E-state index contributed by atoms with van der Waals surface area (Å²) >= 11 is 0. The van der Waals surface area contributed by atoms with Gasteiger partial charge in [0.2, 0.25) is 0 Å². The molecule has 0 saturated heterocycles. The topological polar surface area (TPSA) is 63.0 Å². The Kier molecular flexibility index (Phi) is 3.80. The van der Waals surface area contributed by atoms with E-state index in [1.54, 1.807) is 54.8 Å². The van der Waals surface area contributed by atoms with E-state index < -0.39 is 0 Å². The molecule has 0 aliphatic carbocycles. The normalized spacial score (nSPS) is 18.9. The first-order valence-electron chi connectivity index (χ1n) is 9.11. The number of carbonyl (C=O) groups is 2. The van der Waals surface area contributed by atoms with Crippen LogP contribution in [0.4, 0.5) is 5.69 Å². The Morgan fingerprint density at radius 3 is 2.32 bits per heavy atom. The highest BCUT2D eigenvalue weighted by atomic mass is 16.5. The van der Waals surface area contributed by atoms with Gasteiger partial charge in [-0.25, -0.2) is 4.90 Å². The Bertz CT molecular complexity index is 1040.